The highest BCUT2D eigenvalue weighted by Gasteiger charge is 2.00. The van der Waals surface area contributed by atoms with Crippen LogP contribution in [0.4, 0.5) is 0 Å². The van der Waals surface area contributed by atoms with Gasteiger partial charge in [-0.05, 0) is 30.4 Å². The van der Waals surface area contributed by atoms with Gasteiger partial charge in [-0.1, -0.05) is 38.1 Å². The predicted octanol–water partition coefficient (Wildman–Crippen LogP) is 2.70. The summed E-state index contributed by atoms with van der Waals surface area (Å²) in [7, 11) is 0. The largest absolute Gasteiger partial charge is 0.328 e. The summed E-state index contributed by atoms with van der Waals surface area (Å²) in [5, 5.41) is 0. The fourth-order valence-electron chi connectivity index (χ4n) is 1.41. The van der Waals surface area contributed by atoms with Gasteiger partial charge < -0.3 is 5.73 Å². The van der Waals surface area contributed by atoms with Gasteiger partial charge in [-0.3, -0.25) is 0 Å². The maximum atomic E-state index is 5.72. The summed E-state index contributed by atoms with van der Waals surface area (Å²) < 4.78 is 0. The lowest BCUT2D eigenvalue weighted by molar-refractivity contribution is 0.737. The lowest BCUT2D eigenvalue weighted by Gasteiger charge is -2.08. The minimum Gasteiger partial charge on any atom is -0.328 e. The van der Waals surface area contributed by atoms with E-state index in [2.05, 4.69) is 38.1 Å². The molecule has 0 aliphatic heterocycles. The van der Waals surface area contributed by atoms with E-state index in [-0.39, 0.29) is 6.04 Å². The Bertz CT molecular complexity index is 246. The van der Waals surface area contributed by atoms with Crippen molar-refractivity contribution in [3.05, 3.63) is 35.4 Å². The van der Waals surface area contributed by atoms with E-state index >= 15 is 0 Å². The van der Waals surface area contributed by atoms with Crippen molar-refractivity contribution >= 4 is 0 Å². The molecule has 1 aromatic rings. The zero-order chi connectivity index (χ0) is 9.84. The van der Waals surface area contributed by atoms with E-state index in [1.807, 2.05) is 6.92 Å². The topological polar surface area (TPSA) is 26.0 Å². The van der Waals surface area contributed by atoms with Gasteiger partial charge in [-0.25, -0.2) is 0 Å². The summed E-state index contributed by atoms with van der Waals surface area (Å²) in [4.78, 5) is 0. The Balaban J connectivity index is 2.70. The summed E-state index contributed by atoms with van der Waals surface area (Å²) in [6, 6.07) is 9.01. The molecule has 0 spiro atoms. The van der Waals surface area contributed by atoms with Gasteiger partial charge in [0.05, 0.1) is 0 Å². The third kappa shape index (κ3) is 3.19. The normalized spacial score (nSPS) is 13.3. The predicted molar refractivity (Wildman–Crippen MR) is 57.9 cm³/mol. The molecular formula is C12H19N. The van der Waals surface area contributed by atoms with Crippen LogP contribution in [0.3, 0.4) is 0 Å². The third-order valence-electron chi connectivity index (χ3n) is 2.20. The smallest absolute Gasteiger partial charge is 0.00509 e. The highest BCUT2D eigenvalue weighted by Crippen LogP contribution is 2.15. The fourth-order valence-corrected chi connectivity index (χ4v) is 1.41. The standard InChI is InChI=1S/C12H19N/c1-9(2)12-6-4-11(5-7-12)8-10(3)13/h4-7,9-10H,8,13H2,1-3H3/t10-/m0/s1. The summed E-state index contributed by atoms with van der Waals surface area (Å²) >= 11 is 0. The van der Waals surface area contributed by atoms with Gasteiger partial charge in [-0.15, -0.1) is 0 Å². The molecule has 0 heterocycles. The molecule has 0 aromatic heterocycles. The van der Waals surface area contributed by atoms with Crippen molar-refractivity contribution < 1.29 is 0 Å². The van der Waals surface area contributed by atoms with Crippen LogP contribution in [0.1, 0.15) is 37.8 Å². The summed E-state index contributed by atoms with van der Waals surface area (Å²) in [6.45, 7) is 6.46. The van der Waals surface area contributed by atoms with Crippen LogP contribution in [-0.4, -0.2) is 6.04 Å². The Hall–Kier alpha value is -0.820. The van der Waals surface area contributed by atoms with Crippen molar-refractivity contribution in [1.29, 1.82) is 0 Å². The first-order valence-corrected chi connectivity index (χ1v) is 4.94. The van der Waals surface area contributed by atoms with Crippen LogP contribution in [0.2, 0.25) is 0 Å². The molecule has 72 valence electrons. The van der Waals surface area contributed by atoms with Gasteiger partial charge in [0.1, 0.15) is 0 Å². The summed E-state index contributed by atoms with van der Waals surface area (Å²) in [6.07, 6.45) is 0.971. The molecule has 0 aliphatic rings. The number of benzene rings is 1. The maximum Gasteiger partial charge on any atom is 0.00509 e. The van der Waals surface area contributed by atoms with Crippen LogP contribution in [0.25, 0.3) is 0 Å². The van der Waals surface area contributed by atoms with Gasteiger partial charge in [0.25, 0.3) is 0 Å². The number of rotatable bonds is 3. The van der Waals surface area contributed by atoms with E-state index in [1.54, 1.807) is 0 Å². The molecule has 1 aromatic carbocycles. The van der Waals surface area contributed by atoms with Crippen molar-refractivity contribution in [1.82, 2.24) is 0 Å². The monoisotopic (exact) mass is 177 g/mol. The van der Waals surface area contributed by atoms with E-state index in [0.29, 0.717) is 5.92 Å². The molecule has 1 heteroatoms. The van der Waals surface area contributed by atoms with E-state index in [1.165, 1.54) is 11.1 Å². The van der Waals surface area contributed by atoms with E-state index in [4.69, 9.17) is 5.73 Å². The van der Waals surface area contributed by atoms with Crippen LogP contribution in [0.5, 0.6) is 0 Å². The molecule has 0 aliphatic carbocycles. The molecule has 0 saturated heterocycles. The first-order chi connectivity index (χ1) is 6.09. The van der Waals surface area contributed by atoms with Gasteiger partial charge in [0, 0.05) is 6.04 Å². The second kappa shape index (κ2) is 4.43. The van der Waals surface area contributed by atoms with E-state index in [0.717, 1.165) is 6.42 Å². The van der Waals surface area contributed by atoms with Gasteiger partial charge in [-0.2, -0.15) is 0 Å². The molecule has 1 nitrogen and oxygen atoms in total. The quantitative estimate of drug-likeness (QED) is 0.754. The molecule has 0 saturated carbocycles. The minimum atomic E-state index is 0.255. The van der Waals surface area contributed by atoms with Crippen molar-refractivity contribution in [2.24, 2.45) is 5.73 Å². The van der Waals surface area contributed by atoms with Crippen molar-refractivity contribution in [2.75, 3.05) is 0 Å². The highest BCUT2D eigenvalue weighted by molar-refractivity contribution is 5.25. The molecule has 2 N–H and O–H groups in total. The summed E-state index contributed by atoms with van der Waals surface area (Å²) in [5.74, 6) is 0.615. The van der Waals surface area contributed by atoms with E-state index in [9.17, 15) is 0 Å². The maximum absolute atomic E-state index is 5.72. The summed E-state index contributed by atoms with van der Waals surface area (Å²) in [5.41, 5.74) is 8.45. The van der Waals surface area contributed by atoms with Crippen LogP contribution in [-0.2, 0) is 6.42 Å². The van der Waals surface area contributed by atoms with Crippen LogP contribution in [0.15, 0.2) is 24.3 Å². The van der Waals surface area contributed by atoms with Crippen molar-refractivity contribution in [2.45, 2.75) is 39.2 Å². The van der Waals surface area contributed by atoms with E-state index < -0.39 is 0 Å². The Morgan fingerprint density at radius 2 is 1.62 bits per heavy atom. The van der Waals surface area contributed by atoms with Crippen LogP contribution in [0, 0.1) is 0 Å². The number of nitrogens with two attached hydrogens (primary N) is 1. The second-order valence-electron chi connectivity index (χ2n) is 4.08. The lowest BCUT2D eigenvalue weighted by atomic mass is 10.00. The first-order valence-electron chi connectivity index (χ1n) is 4.94. The van der Waals surface area contributed by atoms with Crippen molar-refractivity contribution in [3.8, 4) is 0 Å². The van der Waals surface area contributed by atoms with Crippen LogP contribution < -0.4 is 5.73 Å². The average molecular weight is 177 g/mol. The molecule has 0 unspecified atom stereocenters. The Morgan fingerprint density at radius 1 is 1.08 bits per heavy atom. The highest BCUT2D eigenvalue weighted by atomic mass is 14.6. The minimum absolute atomic E-state index is 0.255. The molecule has 13 heavy (non-hydrogen) atoms. The van der Waals surface area contributed by atoms with Gasteiger partial charge in [0.2, 0.25) is 0 Å². The Kier molecular flexibility index (Phi) is 3.49. The fraction of sp³-hybridized carbons (Fsp3) is 0.500. The molecular weight excluding hydrogens is 158 g/mol. The van der Waals surface area contributed by atoms with Gasteiger partial charge >= 0.3 is 0 Å². The molecule has 1 atom stereocenters. The lowest BCUT2D eigenvalue weighted by Crippen LogP contribution is -2.17. The van der Waals surface area contributed by atoms with Crippen molar-refractivity contribution in [3.63, 3.8) is 0 Å². The molecule has 1 rings (SSSR count). The molecule has 0 amide bonds. The zero-order valence-electron chi connectivity index (χ0n) is 8.75. The number of hydrogen-bond donors (Lipinski definition) is 1. The zero-order valence-corrected chi connectivity index (χ0v) is 8.75. The second-order valence-corrected chi connectivity index (χ2v) is 4.08. The SMILES string of the molecule is CC(C)c1ccc(C[C@H](C)N)cc1. The molecule has 0 bridgehead atoms. The molecule has 0 radical (unpaired) electrons. The Labute approximate surface area is 81.0 Å². The average Bonchev–Trinajstić information content (AvgIpc) is 2.04. The Morgan fingerprint density at radius 3 is 2.00 bits per heavy atom. The molecule has 0 fully saturated rings. The van der Waals surface area contributed by atoms with Gasteiger partial charge in [0.15, 0.2) is 0 Å². The first kappa shape index (κ1) is 10.3. The third-order valence-corrected chi connectivity index (χ3v) is 2.20. The number of hydrogen-bond acceptors (Lipinski definition) is 1. The van der Waals surface area contributed by atoms with Crippen LogP contribution >= 0.6 is 0 Å².